The highest BCUT2D eigenvalue weighted by atomic mass is 19.1. The second-order valence-electron chi connectivity index (χ2n) is 5.60. The molecule has 3 rings (SSSR count). The van der Waals surface area contributed by atoms with Gasteiger partial charge in [0.15, 0.2) is 5.65 Å². The summed E-state index contributed by atoms with van der Waals surface area (Å²) in [6.07, 6.45) is 1.05. The summed E-state index contributed by atoms with van der Waals surface area (Å²) in [5.41, 5.74) is -1.29. The molecular weight excluding hydrogens is 348 g/mol. The maximum Gasteiger partial charge on any atom is 0.298 e. The van der Waals surface area contributed by atoms with Gasteiger partial charge in [-0.2, -0.15) is 0 Å². The summed E-state index contributed by atoms with van der Waals surface area (Å²) in [5.74, 6) is -2.66. The molecule has 1 aromatic carbocycles. The van der Waals surface area contributed by atoms with E-state index in [1.54, 1.807) is 0 Å². The number of aryl methyl sites for hydroxylation is 1. The van der Waals surface area contributed by atoms with Crippen LogP contribution < -0.4 is 10.9 Å². The molecule has 0 aliphatic rings. The number of amides is 1. The molecule has 0 bridgehead atoms. The third-order valence-corrected chi connectivity index (χ3v) is 3.92. The highest BCUT2D eigenvalue weighted by molar-refractivity contribution is 5.99. The van der Waals surface area contributed by atoms with Gasteiger partial charge in [0.25, 0.3) is 11.5 Å². The van der Waals surface area contributed by atoms with E-state index in [9.17, 15) is 28.7 Å². The Labute approximate surface area is 145 Å². The number of benzene rings is 1. The van der Waals surface area contributed by atoms with Gasteiger partial charge < -0.3 is 15.6 Å². The van der Waals surface area contributed by atoms with E-state index in [4.69, 9.17) is 0 Å². The van der Waals surface area contributed by atoms with Gasteiger partial charge in [0.1, 0.15) is 22.9 Å². The standard InChI is InChI=1S/C17H13F2N3O4/c1-8-12-5-11(23)7-20-15(12)22(26)17(25)14(8)16(24)21-6-9-2-3-10(18)4-13(9)19/h2-5,7,23,26H,6H2,1H3,(H,21,24). The number of aromatic hydroxyl groups is 1. The number of carbonyl (C=O) groups is 1. The number of pyridine rings is 2. The van der Waals surface area contributed by atoms with E-state index in [0.717, 1.165) is 12.3 Å². The number of carbonyl (C=O) groups excluding carboxylic acids is 1. The second-order valence-corrected chi connectivity index (χ2v) is 5.60. The Morgan fingerprint density at radius 1 is 1.31 bits per heavy atom. The molecule has 0 aliphatic carbocycles. The van der Waals surface area contributed by atoms with Crippen molar-refractivity contribution >= 4 is 16.9 Å². The van der Waals surface area contributed by atoms with E-state index in [1.807, 2.05) is 0 Å². The van der Waals surface area contributed by atoms with Gasteiger partial charge in [-0.1, -0.05) is 6.07 Å². The summed E-state index contributed by atoms with van der Waals surface area (Å²) in [4.78, 5) is 28.4. The minimum atomic E-state index is -1.01. The van der Waals surface area contributed by atoms with Gasteiger partial charge in [-0.3, -0.25) is 9.59 Å². The van der Waals surface area contributed by atoms with Crippen LogP contribution in [0.2, 0.25) is 0 Å². The molecule has 7 nitrogen and oxygen atoms in total. The Balaban J connectivity index is 1.99. The van der Waals surface area contributed by atoms with Gasteiger partial charge in [-0.05, 0) is 24.6 Å². The van der Waals surface area contributed by atoms with Crippen molar-refractivity contribution in [1.29, 1.82) is 0 Å². The van der Waals surface area contributed by atoms with Crippen LogP contribution in [0.15, 0.2) is 35.3 Å². The molecule has 3 aromatic rings. The summed E-state index contributed by atoms with van der Waals surface area (Å²) in [6.45, 7) is 1.17. The number of nitrogens with one attached hydrogen (secondary N) is 1. The first kappa shape index (κ1) is 17.3. The van der Waals surface area contributed by atoms with Crippen LogP contribution >= 0.6 is 0 Å². The van der Waals surface area contributed by atoms with Gasteiger partial charge in [0, 0.05) is 23.6 Å². The summed E-state index contributed by atoms with van der Waals surface area (Å²) >= 11 is 0. The van der Waals surface area contributed by atoms with E-state index in [2.05, 4.69) is 10.3 Å². The molecule has 2 aromatic heterocycles. The lowest BCUT2D eigenvalue weighted by atomic mass is 10.1. The van der Waals surface area contributed by atoms with E-state index >= 15 is 0 Å². The Hall–Kier alpha value is -3.49. The Bertz CT molecular complexity index is 1100. The van der Waals surface area contributed by atoms with Crippen LogP contribution in [0.4, 0.5) is 8.78 Å². The van der Waals surface area contributed by atoms with Crippen molar-refractivity contribution in [3.63, 3.8) is 0 Å². The molecule has 3 N–H and O–H groups in total. The lowest BCUT2D eigenvalue weighted by molar-refractivity contribution is 0.0942. The summed E-state index contributed by atoms with van der Waals surface area (Å²) < 4.78 is 26.8. The number of rotatable bonds is 3. The van der Waals surface area contributed by atoms with Crippen molar-refractivity contribution < 1.29 is 23.9 Å². The van der Waals surface area contributed by atoms with Gasteiger partial charge in [0.2, 0.25) is 0 Å². The number of fused-ring (bicyclic) bond motifs is 1. The van der Waals surface area contributed by atoms with E-state index in [-0.39, 0.29) is 44.7 Å². The normalized spacial score (nSPS) is 10.9. The van der Waals surface area contributed by atoms with Crippen molar-refractivity contribution in [3.05, 3.63) is 69.1 Å². The predicted molar refractivity (Wildman–Crippen MR) is 87.1 cm³/mol. The highest BCUT2D eigenvalue weighted by Crippen LogP contribution is 2.21. The molecule has 0 fully saturated rings. The highest BCUT2D eigenvalue weighted by Gasteiger charge is 2.21. The van der Waals surface area contributed by atoms with Crippen LogP contribution in [0.5, 0.6) is 5.75 Å². The zero-order valence-electron chi connectivity index (χ0n) is 13.5. The topological polar surface area (TPSA) is 104 Å². The lowest BCUT2D eigenvalue weighted by Crippen LogP contribution is -2.34. The average molecular weight is 361 g/mol. The van der Waals surface area contributed by atoms with Crippen LogP contribution in [0, 0.1) is 18.6 Å². The number of nitrogens with zero attached hydrogens (tertiary/aromatic N) is 2. The minimum absolute atomic E-state index is 0.0295. The van der Waals surface area contributed by atoms with Crippen molar-refractivity contribution in [1.82, 2.24) is 15.0 Å². The second kappa shape index (κ2) is 6.43. The van der Waals surface area contributed by atoms with Crippen LogP contribution in [-0.4, -0.2) is 25.9 Å². The molecule has 0 saturated carbocycles. The van der Waals surface area contributed by atoms with E-state index in [0.29, 0.717) is 6.07 Å². The largest absolute Gasteiger partial charge is 0.506 e. The minimum Gasteiger partial charge on any atom is -0.506 e. The summed E-state index contributed by atoms with van der Waals surface area (Å²) in [5, 5.41) is 22.0. The van der Waals surface area contributed by atoms with Gasteiger partial charge in [-0.15, -0.1) is 4.73 Å². The van der Waals surface area contributed by atoms with Crippen molar-refractivity contribution in [3.8, 4) is 5.75 Å². The quantitative estimate of drug-likeness (QED) is 0.618. The zero-order valence-corrected chi connectivity index (χ0v) is 13.5. The monoisotopic (exact) mass is 361 g/mol. The predicted octanol–water partition coefficient (Wildman–Crippen LogP) is 1.86. The van der Waals surface area contributed by atoms with Crippen LogP contribution in [-0.2, 0) is 6.54 Å². The maximum atomic E-state index is 13.6. The zero-order chi connectivity index (χ0) is 19.0. The molecule has 0 aliphatic heterocycles. The lowest BCUT2D eigenvalue weighted by Gasteiger charge is -2.12. The fourth-order valence-corrected chi connectivity index (χ4v) is 2.58. The van der Waals surface area contributed by atoms with Crippen molar-refractivity contribution in [2.24, 2.45) is 0 Å². The van der Waals surface area contributed by atoms with Gasteiger partial charge in [-0.25, -0.2) is 13.8 Å². The number of halogens is 2. The maximum absolute atomic E-state index is 13.6. The molecule has 1 amide bonds. The number of hydrogen-bond donors (Lipinski definition) is 3. The molecule has 134 valence electrons. The van der Waals surface area contributed by atoms with Crippen LogP contribution in [0.1, 0.15) is 21.5 Å². The number of hydrogen-bond acceptors (Lipinski definition) is 5. The molecule has 0 spiro atoms. The molecule has 0 unspecified atom stereocenters. The van der Waals surface area contributed by atoms with Gasteiger partial charge >= 0.3 is 0 Å². The average Bonchev–Trinajstić information content (AvgIpc) is 2.59. The molecule has 9 heteroatoms. The fraction of sp³-hybridized carbons (Fsp3) is 0.118. The Kier molecular flexibility index (Phi) is 4.29. The Morgan fingerprint density at radius 3 is 2.73 bits per heavy atom. The van der Waals surface area contributed by atoms with Crippen molar-refractivity contribution in [2.45, 2.75) is 13.5 Å². The first-order chi connectivity index (χ1) is 12.3. The third-order valence-electron chi connectivity index (χ3n) is 3.92. The molecule has 0 atom stereocenters. The van der Waals surface area contributed by atoms with Gasteiger partial charge in [0.05, 0.1) is 6.20 Å². The smallest absolute Gasteiger partial charge is 0.298 e. The van der Waals surface area contributed by atoms with E-state index < -0.39 is 23.1 Å². The summed E-state index contributed by atoms with van der Waals surface area (Å²) in [7, 11) is 0. The molecule has 26 heavy (non-hydrogen) atoms. The first-order valence-corrected chi connectivity index (χ1v) is 7.45. The first-order valence-electron chi connectivity index (χ1n) is 7.45. The molecule has 2 heterocycles. The molecular formula is C17H13F2N3O4. The van der Waals surface area contributed by atoms with Crippen LogP contribution in [0.25, 0.3) is 11.0 Å². The number of aromatic nitrogens is 2. The third kappa shape index (κ3) is 2.94. The SMILES string of the molecule is Cc1c(C(=O)NCc2ccc(F)cc2F)c(=O)n(O)c2ncc(O)cc12. The van der Waals surface area contributed by atoms with E-state index in [1.165, 1.54) is 19.1 Å². The fourth-order valence-electron chi connectivity index (χ4n) is 2.58. The van der Waals surface area contributed by atoms with Crippen LogP contribution in [0.3, 0.4) is 0 Å². The van der Waals surface area contributed by atoms with Crippen molar-refractivity contribution in [2.75, 3.05) is 0 Å². The molecule has 0 radical (unpaired) electrons. The molecule has 0 saturated heterocycles. The Morgan fingerprint density at radius 2 is 2.04 bits per heavy atom. The summed E-state index contributed by atoms with van der Waals surface area (Å²) in [6, 6.07) is 4.14.